The summed E-state index contributed by atoms with van der Waals surface area (Å²) in [7, 11) is 6.45. The number of rotatable bonds is 19. The van der Waals surface area contributed by atoms with Gasteiger partial charge in [-0.05, 0) is 45.8 Å². The Bertz CT molecular complexity index is 647. The molecule has 0 saturated carbocycles. The average Bonchev–Trinajstić information content (AvgIpc) is 3.06. The molecule has 0 radical (unpaired) electrons. The van der Waals surface area contributed by atoms with E-state index < -0.39 is 0 Å². The maximum Gasteiger partial charge on any atom is 0.147 e. The lowest BCUT2D eigenvalue weighted by molar-refractivity contribution is -0.945. The summed E-state index contributed by atoms with van der Waals surface area (Å²) in [6.07, 6.45) is 11.5. The van der Waals surface area contributed by atoms with Crippen molar-refractivity contribution in [2.75, 3.05) is 60.8 Å². The molecule has 1 aliphatic carbocycles. The number of quaternary nitrogens is 1. The van der Waals surface area contributed by atoms with E-state index in [4.69, 9.17) is 5.73 Å². The molecule has 8 heteroatoms. The third kappa shape index (κ3) is 12.0. The highest BCUT2D eigenvalue weighted by Crippen LogP contribution is 2.22. The number of hydrazine groups is 1. The van der Waals surface area contributed by atoms with Gasteiger partial charge < -0.3 is 16.0 Å². The number of hydrogen-bond acceptors (Lipinski definition) is 7. The summed E-state index contributed by atoms with van der Waals surface area (Å²) in [4.78, 5) is 2.46. The molecule has 0 aromatic rings. The van der Waals surface area contributed by atoms with Gasteiger partial charge in [-0.25, -0.2) is 4.90 Å². The number of nitrogens with zero attached hydrogens (tertiary/aromatic N) is 2. The average molecular weight is 494 g/mol. The van der Waals surface area contributed by atoms with Crippen LogP contribution >= 0.6 is 0 Å². The van der Waals surface area contributed by atoms with Crippen LogP contribution in [0.1, 0.15) is 53.4 Å². The first-order chi connectivity index (χ1) is 16.7. The number of nitrogens with two attached hydrogens (primary N) is 1. The zero-order valence-electron chi connectivity index (χ0n) is 23.8. The molecule has 35 heavy (non-hydrogen) atoms. The van der Waals surface area contributed by atoms with Gasteiger partial charge in [0.25, 0.3) is 0 Å². The minimum atomic E-state index is 0.230. The van der Waals surface area contributed by atoms with E-state index in [1.54, 1.807) is 0 Å². The van der Waals surface area contributed by atoms with Crippen molar-refractivity contribution in [2.45, 2.75) is 65.6 Å². The Morgan fingerprint density at radius 1 is 1.29 bits per heavy atom. The maximum absolute atomic E-state index is 6.44. The molecule has 0 bridgehead atoms. The minimum absolute atomic E-state index is 0.230. The summed E-state index contributed by atoms with van der Waals surface area (Å²) in [5.41, 5.74) is 15.3. The summed E-state index contributed by atoms with van der Waals surface area (Å²) in [6, 6.07) is 0.230. The molecule has 0 spiro atoms. The van der Waals surface area contributed by atoms with Crippen LogP contribution in [0.5, 0.6) is 0 Å². The van der Waals surface area contributed by atoms with Gasteiger partial charge in [-0.3, -0.25) is 21.1 Å². The van der Waals surface area contributed by atoms with Gasteiger partial charge in [-0.15, -0.1) is 0 Å². The van der Waals surface area contributed by atoms with Crippen molar-refractivity contribution in [2.24, 2.45) is 17.6 Å². The van der Waals surface area contributed by atoms with Gasteiger partial charge in [0.1, 0.15) is 12.8 Å². The first kappa shape index (κ1) is 31.8. The second-order valence-corrected chi connectivity index (χ2v) is 10.8. The van der Waals surface area contributed by atoms with Crippen LogP contribution in [0.4, 0.5) is 0 Å². The molecule has 0 heterocycles. The lowest BCUT2D eigenvalue weighted by Crippen LogP contribution is -2.63. The van der Waals surface area contributed by atoms with Crippen LogP contribution < -0.4 is 32.5 Å². The highest BCUT2D eigenvalue weighted by Gasteiger charge is 2.35. The second kappa shape index (κ2) is 17.2. The van der Waals surface area contributed by atoms with Gasteiger partial charge in [0.15, 0.2) is 0 Å². The van der Waals surface area contributed by atoms with Gasteiger partial charge in [-0.2, -0.15) is 0 Å². The minimum Gasteiger partial charge on any atom is -0.375 e. The molecule has 0 aromatic carbocycles. The molecule has 0 fully saturated rings. The van der Waals surface area contributed by atoms with E-state index in [2.05, 4.69) is 98.3 Å². The molecule has 1 rings (SSSR count). The van der Waals surface area contributed by atoms with Gasteiger partial charge in [0.05, 0.1) is 20.3 Å². The van der Waals surface area contributed by atoms with Crippen molar-refractivity contribution in [1.29, 1.82) is 0 Å². The predicted molar refractivity (Wildman–Crippen MR) is 151 cm³/mol. The molecule has 0 saturated heterocycles. The van der Waals surface area contributed by atoms with Crippen LogP contribution in [0.25, 0.3) is 0 Å². The van der Waals surface area contributed by atoms with Crippen LogP contribution in [0, 0.1) is 11.8 Å². The Balaban J connectivity index is 2.85. The van der Waals surface area contributed by atoms with Crippen molar-refractivity contribution in [3.8, 4) is 0 Å². The lowest BCUT2D eigenvalue weighted by atomic mass is 10.0. The Labute approximate surface area is 216 Å². The van der Waals surface area contributed by atoms with Gasteiger partial charge in [-0.1, -0.05) is 51.2 Å². The second-order valence-electron chi connectivity index (χ2n) is 10.8. The fourth-order valence-corrected chi connectivity index (χ4v) is 4.71. The van der Waals surface area contributed by atoms with E-state index in [0.717, 1.165) is 68.7 Å². The molecule has 0 aromatic heterocycles. The Kier molecular flexibility index (Phi) is 15.6. The van der Waals surface area contributed by atoms with E-state index >= 15 is 0 Å². The number of allylic oxidation sites excluding steroid dienone is 2. The monoisotopic (exact) mass is 493 g/mol. The smallest absolute Gasteiger partial charge is 0.147 e. The van der Waals surface area contributed by atoms with Gasteiger partial charge in [0, 0.05) is 44.2 Å². The molecule has 0 amide bonds. The summed E-state index contributed by atoms with van der Waals surface area (Å²) in [6.45, 7) is 18.2. The topological polar surface area (TPSA) is 89.4 Å². The highest BCUT2D eigenvalue weighted by molar-refractivity contribution is 5.12. The third-order valence-corrected chi connectivity index (χ3v) is 7.01. The van der Waals surface area contributed by atoms with Crippen LogP contribution in [-0.2, 0) is 0 Å². The van der Waals surface area contributed by atoms with Crippen LogP contribution in [0.15, 0.2) is 36.1 Å². The normalized spacial score (nSPS) is 19.8. The Morgan fingerprint density at radius 2 is 2.03 bits per heavy atom. The molecule has 1 aliphatic rings. The molecule has 8 nitrogen and oxygen atoms in total. The van der Waals surface area contributed by atoms with Crippen molar-refractivity contribution in [3.63, 3.8) is 0 Å². The zero-order valence-corrected chi connectivity index (χ0v) is 23.8. The van der Waals surface area contributed by atoms with E-state index in [9.17, 15) is 0 Å². The Morgan fingerprint density at radius 3 is 2.63 bits per heavy atom. The van der Waals surface area contributed by atoms with Crippen LogP contribution in [0.2, 0.25) is 0 Å². The SMILES string of the molecule is C=C(C)C(CC[N+](C)(CN)C(CC(C)C)N(C)CNC1=CC(CNCNCC)CC=CC1)NNC. The molecule has 4 atom stereocenters. The lowest BCUT2D eigenvalue weighted by Gasteiger charge is -2.46. The fraction of sp³-hybridized carbons (Fsp3) is 0.778. The first-order valence-corrected chi connectivity index (χ1v) is 13.5. The van der Waals surface area contributed by atoms with E-state index in [1.807, 2.05) is 7.05 Å². The molecule has 4 unspecified atom stereocenters. The maximum atomic E-state index is 6.44. The molecular formula is C27H57N8+. The summed E-state index contributed by atoms with van der Waals surface area (Å²) >= 11 is 0. The van der Waals surface area contributed by atoms with Gasteiger partial charge in [0.2, 0.25) is 0 Å². The standard InChI is InChI=1S/C27H57N8/c1-9-30-20-31-18-24-12-10-11-13-25(17-24)32-21-34(7)27(16-22(2)3)35(8,19-28)15-14-26(23(4)5)33-29-6/h10-11,17,22,24,26-27,29-33H,4,9,12-16,18-21,28H2,1-3,5-8H3/q+1. The summed E-state index contributed by atoms with van der Waals surface area (Å²) in [5, 5.41) is 10.6. The number of hydrogen-bond donors (Lipinski definition) is 6. The largest absolute Gasteiger partial charge is 0.375 e. The fourth-order valence-electron chi connectivity index (χ4n) is 4.71. The van der Waals surface area contributed by atoms with Crippen molar-refractivity contribution in [1.82, 2.24) is 31.7 Å². The van der Waals surface area contributed by atoms with Gasteiger partial charge >= 0.3 is 0 Å². The van der Waals surface area contributed by atoms with E-state index in [0.29, 0.717) is 24.7 Å². The molecule has 7 N–H and O–H groups in total. The quantitative estimate of drug-likeness (QED) is 0.0541. The summed E-state index contributed by atoms with van der Waals surface area (Å²) in [5.74, 6) is 1.10. The molecule has 0 aliphatic heterocycles. The number of nitrogens with one attached hydrogen (secondary N) is 5. The summed E-state index contributed by atoms with van der Waals surface area (Å²) < 4.78 is 0.807. The van der Waals surface area contributed by atoms with Crippen molar-refractivity contribution in [3.05, 3.63) is 36.1 Å². The highest BCUT2D eigenvalue weighted by atomic mass is 15.5. The zero-order chi connectivity index (χ0) is 26.3. The van der Waals surface area contributed by atoms with Crippen LogP contribution in [-0.4, -0.2) is 82.4 Å². The molecular weight excluding hydrogens is 436 g/mol. The Hall–Kier alpha value is -1.26. The first-order valence-electron chi connectivity index (χ1n) is 13.5. The van der Waals surface area contributed by atoms with E-state index in [-0.39, 0.29) is 6.04 Å². The van der Waals surface area contributed by atoms with Crippen molar-refractivity contribution < 1.29 is 4.48 Å². The van der Waals surface area contributed by atoms with E-state index in [1.165, 1.54) is 5.70 Å². The molecule has 204 valence electrons. The van der Waals surface area contributed by atoms with Crippen LogP contribution in [0.3, 0.4) is 0 Å². The predicted octanol–water partition coefficient (Wildman–Crippen LogP) is 2.27. The van der Waals surface area contributed by atoms with Crippen molar-refractivity contribution >= 4 is 0 Å². The third-order valence-electron chi connectivity index (χ3n) is 7.01.